The minimum absolute atomic E-state index is 0.195. The van der Waals surface area contributed by atoms with Crippen LogP contribution in [-0.4, -0.2) is 60.5 Å². The first kappa shape index (κ1) is 21.9. The molecule has 0 spiro atoms. The number of carbonyl (C=O) groups excluding carboxylic acids is 1. The highest BCUT2D eigenvalue weighted by Crippen LogP contribution is 2.40. The highest BCUT2D eigenvalue weighted by atomic mass is 19.1. The van der Waals surface area contributed by atoms with Crippen LogP contribution in [0.15, 0.2) is 30.3 Å². The number of fused-ring (bicyclic) bond motifs is 3. The second-order valence-electron chi connectivity index (χ2n) is 8.80. The first-order valence-electron chi connectivity index (χ1n) is 11.2. The lowest BCUT2D eigenvalue weighted by molar-refractivity contribution is -0.127. The number of nitriles is 1. The number of halogens is 2. The Morgan fingerprint density at radius 3 is 2.62 bits per heavy atom. The van der Waals surface area contributed by atoms with Crippen LogP contribution in [-0.2, 0) is 11.2 Å². The number of likely N-dealkylation sites (N-methyl/N-ethyl adjacent to an activating group) is 1. The first-order valence-corrected chi connectivity index (χ1v) is 11.2. The lowest BCUT2D eigenvalue weighted by Gasteiger charge is -2.36. The number of rotatable bonds is 2. The number of anilines is 1. The molecule has 2 aromatic carbocycles. The molecule has 8 heteroatoms. The molecule has 2 aliphatic heterocycles. The number of piperazine rings is 1. The van der Waals surface area contributed by atoms with Crippen LogP contribution in [0, 0.1) is 35.3 Å². The van der Waals surface area contributed by atoms with Gasteiger partial charge in [-0.25, -0.2) is 8.78 Å². The van der Waals surface area contributed by atoms with Crippen molar-refractivity contribution in [3.63, 3.8) is 0 Å². The summed E-state index contributed by atoms with van der Waals surface area (Å²) in [5.41, 5.74) is 3.56. The third kappa shape index (κ3) is 3.57. The predicted octanol–water partition coefficient (Wildman–Crippen LogP) is 3.18. The number of amides is 1. The summed E-state index contributed by atoms with van der Waals surface area (Å²) in [5, 5.41) is 10.4. The summed E-state index contributed by atoms with van der Waals surface area (Å²) >= 11 is 0. The van der Waals surface area contributed by atoms with Crippen molar-refractivity contribution >= 4 is 22.5 Å². The molecule has 5 rings (SSSR count). The third-order valence-corrected chi connectivity index (χ3v) is 6.84. The maximum atomic E-state index is 14.6. The van der Waals surface area contributed by atoms with E-state index in [1.54, 1.807) is 6.07 Å². The van der Waals surface area contributed by atoms with Crippen molar-refractivity contribution < 1.29 is 13.6 Å². The highest BCUT2D eigenvalue weighted by Gasteiger charge is 2.35. The molecule has 34 heavy (non-hydrogen) atoms. The molecule has 0 radical (unpaired) electrons. The van der Waals surface area contributed by atoms with Gasteiger partial charge in [0.05, 0.1) is 22.8 Å². The minimum atomic E-state index is -0.693. The first-order chi connectivity index (χ1) is 16.4. The number of H-pyrrole nitrogens is 1. The molecule has 1 aromatic heterocycles. The smallest absolute Gasteiger partial charge is 0.299 e. The van der Waals surface area contributed by atoms with E-state index in [2.05, 4.69) is 33.8 Å². The van der Waals surface area contributed by atoms with Crippen molar-refractivity contribution in [3.05, 3.63) is 64.4 Å². The standard InChI is InChI=1S/C26H23F2N5O/c1-3-23(34)33-7-6-19-20-13-18(27)14-21(28)24(20)30-25(19)26(33)16-4-5-22(17(12-16)15-29)32-10-8-31(2)9-11-32/h1,4-5,12-14,26,30H,6-11H2,2H3. The van der Waals surface area contributed by atoms with Crippen LogP contribution >= 0.6 is 0 Å². The summed E-state index contributed by atoms with van der Waals surface area (Å²) in [7, 11) is 2.07. The van der Waals surface area contributed by atoms with Crippen molar-refractivity contribution in [1.29, 1.82) is 5.26 Å². The average Bonchev–Trinajstić information content (AvgIpc) is 3.22. The van der Waals surface area contributed by atoms with Crippen LogP contribution in [0.2, 0.25) is 0 Å². The Kier molecular flexibility index (Phi) is 5.47. The normalized spacial score (nSPS) is 18.4. The summed E-state index contributed by atoms with van der Waals surface area (Å²) in [6.07, 6.45) is 5.86. The van der Waals surface area contributed by atoms with Gasteiger partial charge in [0.2, 0.25) is 0 Å². The molecule has 2 aliphatic rings. The van der Waals surface area contributed by atoms with E-state index in [4.69, 9.17) is 6.42 Å². The maximum absolute atomic E-state index is 14.6. The summed E-state index contributed by atoms with van der Waals surface area (Å²) < 4.78 is 28.5. The van der Waals surface area contributed by atoms with E-state index < -0.39 is 23.6 Å². The Morgan fingerprint density at radius 1 is 1.15 bits per heavy atom. The van der Waals surface area contributed by atoms with Crippen LogP contribution in [0.1, 0.15) is 28.4 Å². The Morgan fingerprint density at radius 2 is 1.91 bits per heavy atom. The quantitative estimate of drug-likeness (QED) is 0.598. The number of hydrogen-bond donors (Lipinski definition) is 1. The maximum Gasteiger partial charge on any atom is 0.299 e. The van der Waals surface area contributed by atoms with E-state index in [0.29, 0.717) is 35.2 Å². The predicted molar refractivity (Wildman–Crippen MR) is 125 cm³/mol. The van der Waals surface area contributed by atoms with Gasteiger partial charge in [0, 0.05) is 49.9 Å². The van der Waals surface area contributed by atoms with Gasteiger partial charge in [0.1, 0.15) is 17.7 Å². The summed E-state index contributed by atoms with van der Waals surface area (Å²) in [4.78, 5) is 21.7. The molecule has 1 atom stereocenters. The lowest BCUT2D eigenvalue weighted by Crippen LogP contribution is -2.44. The van der Waals surface area contributed by atoms with Gasteiger partial charge in [-0.1, -0.05) is 6.07 Å². The summed E-state index contributed by atoms with van der Waals surface area (Å²) in [6, 6.07) is 9.34. The van der Waals surface area contributed by atoms with Gasteiger partial charge in [-0.05, 0) is 48.7 Å². The molecule has 0 aliphatic carbocycles. The largest absolute Gasteiger partial charge is 0.368 e. The van der Waals surface area contributed by atoms with Crippen molar-refractivity contribution in [2.24, 2.45) is 0 Å². The number of carbonyl (C=O) groups is 1. The molecule has 1 unspecified atom stereocenters. The van der Waals surface area contributed by atoms with Gasteiger partial charge in [-0.2, -0.15) is 5.26 Å². The van der Waals surface area contributed by atoms with Crippen molar-refractivity contribution in [1.82, 2.24) is 14.8 Å². The lowest BCUT2D eigenvalue weighted by atomic mass is 9.91. The molecule has 172 valence electrons. The Hall–Kier alpha value is -3.88. The molecule has 1 fully saturated rings. The average molecular weight is 460 g/mol. The van der Waals surface area contributed by atoms with E-state index in [1.807, 2.05) is 12.1 Å². The zero-order valence-electron chi connectivity index (χ0n) is 18.7. The van der Waals surface area contributed by atoms with Crippen molar-refractivity contribution in [2.45, 2.75) is 12.5 Å². The van der Waals surface area contributed by atoms with Crippen LogP contribution < -0.4 is 4.90 Å². The van der Waals surface area contributed by atoms with Gasteiger partial charge in [-0.3, -0.25) is 4.79 Å². The molecule has 3 aromatic rings. The van der Waals surface area contributed by atoms with Crippen LogP contribution in [0.25, 0.3) is 10.9 Å². The summed E-state index contributed by atoms with van der Waals surface area (Å²) in [6.45, 7) is 3.73. The Labute approximate surface area is 196 Å². The molecule has 3 heterocycles. The van der Waals surface area contributed by atoms with Gasteiger partial charge in [0.15, 0.2) is 0 Å². The molecular weight excluding hydrogens is 436 g/mol. The van der Waals surface area contributed by atoms with Crippen LogP contribution in [0.4, 0.5) is 14.5 Å². The number of aromatic nitrogens is 1. The van der Waals surface area contributed by atoms with Crippen molar-refractivity contribution in [2.75, 3.05) is 44.7 Å². The highest BCUT2D eigenvalue weighted by molar-refractivity contribution is 5.94. The molecule has 1 N–H and O–H groups in total. The Balaban J connectivity index is 1.64. The fraction of sp³-hybridized carbons (Fsp3) is 0.308. The molecular formula is C26H23F2N5O. The number of benzene rings is 2. The molecule has 0 saturated carbocycles. The number of nitrogens with one attached hydrogen (secondary N) is 1. The molecule has 1 saturated heterocycles. The molecule has 0 bridgehead atoms. The number of nitrogens with zero attached hydrogens (tertiary/aromatic N) is 4. The second kappa shape index (κ2) is 8.48. The molecule has 6 nitrogen and oxygen atoms in total. The van der Waals surface area contributed by atoms with Gasteiger partial charge < -0.3 is 19.7 Å². The monoisotopic (exact) mass is 459 g/mol. The van der Waals surface area contributed by atoms with Gasteiger partial charge in [0.25, 0.3) is 5.91 Å². The fourth-order valence-electron chi connectivity index (χ4n) is 5.10. The Bertz CT molecular complexity index is 1370. The van der Waals surface area contributed by atoms with Crippen LogP contribution in [0.5, 0.6) is 0 Å². The SMILES string of the molecule is C#CC(=O)N1CCc2c([nH]c3c(F)cc(F)cc23)C1c1ccc(N2CCN(C)CC2)c(C#N)c1. The van der Waals surface area contributed by atoms with E-state index in [0.717, 1.165) is 43.5 Å². The molecule has 1 amide bonds. The van der Waals surface area contributed by atoms with Gasteiger partial charge >= 0.3 is 0 Å². The van der Waals surface area contributed by atoms with E-state index in [-0.39, 0.29) is 5.52 Å². The minimum Gasteiger partial charge on any atom is -0.368 e. The van der Waals surface area contributed by atoms with E-state index in [1.165, 1.54) is 11.0 Å². The van der Waals surface area contributed by atoms with Crippen molar-refractivity contribution in [3.8, 4) is 18.4 Å². The summed E-state index contributed by atoms with van der Waals surface area (Å²) in [5.74, 6) is 0.327. The van der Waals surface area contributed by atoms with E-state index >= 15 is 0 Å². The fourth-order valence-corrected chi connectivity index (χ4v) is 5.10. The zero-order chi connectivity index (χ0) is 24.0. The number of hydrogen-bond acceptors (Lipinski definition) is 4. The third-order valence-electron chi connectivity index (χ3n) is 6.84. The number of aromatic amines is 1. The van der Waals surface area contributed by atoms with E-state index in [9.17, 15) is 18.8 Å². The zero-order valence-corrected chi connectivity index (χ0v) is 18.7. The number of terminal acetylenes is 1. The van der Waals surface area contributed by atoms with Crippen LogP contribution in [0.3, 0.4) is 0 Å². The topological polar surface area (TPSA) is 66.4 Å². The van der Waals surface area contributed by atoms with Gasteiger partial charge in [-0.15, -0.1) is 6.42 Å². The second-order valence-corrected chi connectivity index (χ2v) is 8.80.